The quantitative estimate of drug-likeness (QED) is 0.840. The van der Waals surface area contributed by atoms with Crippen LogP contribution in [0.4, 0.5) is 4.79 Å². The minimum atomic E-state index is -0.620. The van der Waals surface area contributed by atoms with Crippen LogP contribution in [0.2, 0.25) is 0 Å². The summed E-state index contributed by atoms with van der Waals surface area (Å²) in [5.74, 6) is 0.916. The third-order valence-corrected chi connectivity index (χ3v) is 5.28. The number of para-hydroxylation sites is 1. The molecule has 4 rings (SSSR count). The second kappa shape index (κ2) is 7.46. The Bertz CT molecular complexity index is 989. The number of pyridine rings is 1. The summed E-state index contributed by atoms with van der Waals surface area (Å²) >= 11 is 0. The lowest BCUT2D eigenvalue weighted by molar-refractivity contribution is -0.126. The van der Waals surface area contributed by atoms with E-state index in [4.69, 9.17) is 9.47 Å². The van der Waals surface area contributed by atoms with E-state index in [0.29, 0.717) is 41.4 Å². The number of nitrogens with zero attached hydrogens (tertiary/aromatic N) is 3. The SMILES string of the molecule is COc1cccc(C2NC(=O)N(C)C3=C2C(=O)N(Cc2cccnc2)C3)c1OC. The highest BCUT2D eigenvalue weighted by atomic mass is 16.5. The molecule has 3 heterocycles. The standard InChI is InChI=1S/C21H22N4O4/c1-24-15-12-25(11-13-6-5-9-22-10-13)20(26)17(15)18(23-21(24)27)14-7-4-8-16(28-2)19(14)29-3/h4-10,18H,11-12H2,1-3H3,(H,23,27). The Morgan fingerprint density at radius 2 is 2.00 bits per heavy atom. The van der Waals surface area contributed by atoms with Crippen molar-refractivity contribution in [3.63, 3.8) is 0 Å². The Balaban J connectivity index is 1.74. The molecule has 0 aliphatic carbocycles. The normalized spacial score (nSPS) is 18.7. The fraction of sp³-hybridized carbons (Fsp3) is 0.286. The van der Waals surface area contributed by atoms with Crippen LogP contribution < -0.4 is 14.8 Å². The highest BCUT2D eigenvalue weighted by molar-refractivity contribution is 6.01. The molecular formula is C21H22N4O4. The predicted octanol–water partition coefficient (Wildman–Crippen LogP) is 2.09. The smallest absolute Gasteiger partial charge is 0.322 e. The lowest BCUT2D eigenvalue weighted by atomic mass is 9.94. The largest absolute Gasteiger partial charge is 0.493 e. The van der Waals surface area contributed by atoms with Crippen molar-refractivity contribution in [2.75, 3.05) is 27.8 Å². The van der Waals surface area contributed by atoms with Crippen molar-refractivity contribution in [1.82, 2.24) is 20.1 Å². The van der Waals surface area contributed by atoms with Crippen LogP contribution in [0.5, 0.6) is 11.5 Å². The lowest BCUT2D eigenvalue weighted by Gasteiger charge is -2.31. The van der Waals surface area contributed by atoms with Gasteiger partial charge in [-0.3, -0.25) is 14.7 Å². The van der Waals surface area contributed by atoms with Crippen molar-refractivity contribution in [2.45, 2.75) is 12.6 Å². The van der Waals surface area contributed by atoms with E-state index in [1.54, 1.807) is 44.6 Å². The molecule has 0 radical (unpaired) electrons. The van der Waals surface area contributed by atoms with Crippen molar-refractivity contribution in [3.05, 3.63) is 65.1 Å². The molecule has 1 aromatic carbocycles. The number of carbonyl (C=O) groups is 2. The summed E-state index contributed by atoms with van der Waals surface area (Å²) in [6.45, 7) is 0.777. The monoisotopic (exact) mass is 394 g/mol. The number of amides is 3. The Labute approximate surface area is 168 Å². The number of hydrogen-bond acceptors (Lipinski definition) is 5. The number of nitrogens with one attached hydrogen (secondary N) is 1. The predicted molar refractivity (Wildman–Crippen MR) is 105 cm³/mol. The second-order valence-corrected chi connectivity index (χ2v) is 6.91. The Morgan fingerprint density at radius 3 is 2.69 bits per heavy atom. The number of carbonyl (C=O) groups excluding carboxylic acids is 2. The zero-order valence-electron chi connectivity index (χ0n) is 16.5. The van der Waals surface area contributed by atoms with E-state index in [-0.39, 0.29) is 11.9 Å². The van der Waals surface area contributed by atoms with Gasteiger partial charge in [-0.05, 0) is 17.7 Å². The third kappa shape index (κ3) is 3.16. The molecule has 0 saturated heterocycles. The molecule has 2 aliphatic rings. The van der Waals surface area contributed by atoms with E-state index in [9.17, 15) is 9.59 Å². The highest BCUT2D eigenvalue weighted by Gasteiger charge is 2.43. The van der Waals surface area contributed by atoms with E-state index in [0.717, 1.165) is 5.56 Å². The number of urea groups is 1. The number of aromatic nitrogens is 1. The van der Waals surface area contributed by atoms with Crippen LogP contribution in [0.3, 0.4) is 0 Å². The van der Waals surface area contributed by atoms with Gasteiger partial charge in [0.2, 0.25) is 0 Å². The zero-order chi connectivity index (χ0) is 20.5. The van der Waals surface area contributed by atoms with Crippen molar-refractivity contribution in [3.8, 4) is 11.5 Å². The van der Waals surface area contributed by atoms with Crippen molar-refractivity contribution in [2.24, 2.45) is 0 Å². The van der Waals surface area contributed by atoms with E-state index >= 15 is 0 Å². The van der Waals surface area contributed by atoms with Crippen LogP contribution in [0.15, 0.2) is 54.0 Å². The first-order chi connectivity index (χ1) is 14.0. The van der Waals surface area contributed by atoms with Crippen molar-refractivity contribution < 1.29 is 19.1 Å². The average molecular weight is 394 g/mol. The number of rotatable bonds is 5. The van der Waals surface area contributed by atoms with Gasteiger partial charge >= 0.3 is 6.03 Å². The fourth-order valence-electron chi connectivity index (χ4n) is 3.84. The van der Waals surface area contributed by atoms with Gasteiger partial charge in [0.15, 0.2) is 11.5 Å². The van der Waals surface area contributed by atoms with Crippen LogP contribution in [0.25, 0.3) is 0 Å². The Kier molecular flexibility index (Phi) is 4.84. The molecule has 150 valence electrons. The van der Waals surface area contributed by atoms with E-state index in [1.165, 1.54) is 4.90 Å². The maximum absolute atomic E-state index is 13.3. The van der Waals surface area contributed by atoms with E-state index in [1.807, 2.05) is 24.3 Å². The minimum absolute atomic E-state index is 0.120. The van der Waals surface area contributed by atoms with Crippen LogP contribution in [-0.2, 0) is 11.3 Å². The van der Waals surface area contributed by atoms with Crippen LogP contribution in [0.1, 0.15) is 17.2 Å². The van der Waals surface area contributed by atoms with Gasteiger partial charge in [0.25, 0.3) is 5.91 Å². The molecule has 2 aromatic rings. The summed E-state index contributed by atoms with van der Waals surface area (Å²) in [7, 11) is 4.76. The number of methoxy groups -OCH3 is 2. The van der Waals surface area contributed by atoms with Gasteiger partial charge in [-0.2, -0.15) is 0 Å². The summed E-state index contributed by atoms with van der Waals surface area (Å²) in [5, 5.41) is 2.93. The maximum atomic E-state index is 13.3. The Hall–Kier alpha value is -3.55. The first-order valence-corrected chi connectivity index (χ1v) is 9.21. The molecule has 0 fully saturated rings. The number of hydrogen-bond donors (Lipinski definition) is 1. The second-order valence-electron chi connectivity index (χ2n) is 6.91. The number of benzene rings is 1. The molecule has 2 aliphatic heterocycles. The molecular weight excluding hydrogens is 372 g/mol. The molecule has 8 nitrogen and oxygen atoms in total. The first-order valence-electron chi connectivity index (χ1n) is 9.21. The first kappa shape index (κ1) is 18.8. The summed E-state index contributed by atoms with van der Waals surface area (Å²) in [6, 6.07) is 8.30. The van der Waals surface area contributed by atoms with Gasteiger partial charge in [-0.1, -0.05) is 18.2 Å². The molecule has 1 aromatic heterocycles. The molecule has 3 amide bonds. The molecule has 0 spiro atoms. The van der Waals surface area contributed by atoms with Gasteiger partial charge in [-0.15, -0.1) is 0 Å². The van der Waals surface area contributed by atoms with Gasteiger partial charge in [0, 0.05) is 31.5 Å². The topological polar surface area (TPSA) is 84.0 Å². The van der Waals surface area contributed by atoms with E-state index in [2.05, 4.69) is 10.3 Å². The number of likely N-dealkylation sites (N-methyl/N-ethyl adjacent to an activating group) is 1. The summed E-state index contributed by atoms with van der Waals surface area (Å²) in [6.07, 6.45) is 3.43. The minimum Gasteiger partial charge on any atom is -0.493 e. The van der Waals surface area contributed by atoms with Gasteiger partial charge in [0.05, 0.1) is 38.1 Å². The fourth-order valence-corrected chi connectivity index (χ4v) is 3.84. The van der Waals surface area contributed by atoms with Gasteiger partial charge in [0.1, 0.15) is 0 Å². The zero-order valence-corrected chi connectivity index (χ0v) is 16.5. The van der Waals surface area contributed by atoms with Gasteiger partial charge in [-0.25, -0.2) is 4.79 Å². The van der Waals surface area contributed by atoms with Crippen molar-refractivity contribution >= 4 is 11.9 Å². The highest BCUT2D eigenvalue weighted by Crippen LogP contribution is 2.42. The lowest BCUT2D eigenvalue weighted by Crippen LogP contribution is -2.45. The molecule has 1 atom stereocenters. The summed E-state index contributed by atoms with van der Waals surface area (Å²) in [4.78, 5) is 33.3. The van der Waals surface area contributed by atoms with Crippen LogP contribution in [0, 0.1) is 0 Å². The summed E-state index contributed by atoms with van der Waals surface area (Å²) < 4.78 is 10.9. The van der Waals surface area contributed by atoms with Gasteiger partial charge < -0.3 is 19.7 Å². The molecule has 29 heavy (non-hydrogen) atoms. The average Bonchev–Trinajstić information content (AvgIpc) is 3.07. The molecule has 0 bridgehead atoms. The Morgan fingerprint density at radius 1 is 1.17 bits per heavy atom. The van der Waals surface area contributed by atoms with E-state index < -0.39 is 6.04 Å². The summed E-state index contributed by atoms with van der Waals surface area (Å²) in [5.41, 5.74) is 2.84. The van der Waals surface area contributed by atoms with Crippen LogP contribution >= 0.6 is 0 Å². The molecule has 1 N–H and O–H groups in total. The molecule has 1 unspecified atom stereocenters. The molecule has 8 heteroatoms. The maximum Gasteiger partial charge on any atom is 0.322 e. The number of ether oxygens (including phenoxy) is 2. The molecule has 0 saturated carbocycles. The third-order valence-electron chi connectivity index (χ3n) is 5.28. The van der Waals surface area contributed by atoms with Crippen molar-refractivity contribution in [1.29, 1.82) is 0 Å². The van der Waals surface area contributed by atoms with Crippen LogP contribution in [-0.4, -0.2) is 54.5 Å².